The normalized spacial score (nSPS) is 26.0. The molecule has 1 aliphatic carbocycles. The van der Waals surface area contributed by atoms with Gasteiger partial charge in [-0.3, -0.25) is 0 Å². The van der Waals surface area contributed by atoms with Gasteiger partial charge in [0.2, 0.25) is 0 Å². The van der Waals surface area contributed by atoms with E-state index in [1.165, 1.54) is 43.9 Å². The van der Waals surface area contributed by atoms with Gasteiger partial charge in [-0.05, 0) is 43.0 Å². The topological polar surface area (TPSA) is 46.2 Å². The van der Waals surface area contributed by atoms with Gasteiger partial charge in [0.05, 0.1) is 10.6 Å². The molecule has 116 valence electrons. The Morgan fingerprint density at radius 1 is 1.05 bits per heavy atom. The molecule has 1 aromatic rings. The molecule has 1 atom stereocenters. The van der Waals surface area contributed by atoms with Crippen LogP contribution in [0.25, 0.3) is 0 Å². The van der Waals surface area contributed by atoms with E-state index >= 15 is 0 Å². The van der Waals surface area contributed by atoms with E-state index in [1.54, 1.807) is 0 Å². The van der Waals surface area contributed by atoms with E-state index in [-0.39, 0.29) is 17.6 Å². The van der Waals surface area contributed by atoms with Crippen LogP contribution in [0.1, 0.15) is 56.6 Å². The Balaban J connectivity index is 1.85. The van der Waals surface area contributed by atoms with Crippen molar-refractivity contribution in [1.82, 2.24) is 5.32 Å². The fourth-order valence-corrected chi connectivity index (χ4v) is 5.12. The van der Waals surface area contributed by atoms with E-state index in [0.717, 1.165) is 12.8 Å². The van der Waals surface area contributed by atoms with Crippen molar-refractivity contribution in [2.45, 2.75) is 61.9 Å². The van der Waals surface area contributed by atoms with E-state index in [0.29, 0.717) is 22.9 Å². The number of halogens is 1. The monoisotopic (exact) mass is 311 g/mol. The van der Waals surface area contributed by atoms with Crippen LogP contribution in [0.4, 0.5) is 4.39 Å². The molecule has 1 heterocycles. The van der Waals surface area contributed by atoms with Gasteiger partial charge in [-0.15, -0.1) is 0 Å². The highest BCUT2D eigenvalue weighted by Crippen LogP contribution is 2.34. The third kappa shape index (κ3) is 3.29. The quantitative estimate of drug-likeness (QED) is 0.673. The summed E-state index contributed by atoms with van der Waals surface area (Å²) in [6, 6.07) is 4.43. The molecule has 1 aromatic carbocycles. The first kappa shape index (κ1) is 15.0. The number of fused-ring (bicyclic) bond motifs is 1. The predicted octanol–water partition coefficient (Wildman–Crippen LogP) is 3.36. The second-order valence-corrected chi connectivity index (χ2v) is 8.28. The minimum atomic E-state index is -3.25. The van der Waals surface area contributed by atoms with Gasteiger partial charge in [0.15, 0.2) is 9.84 Å². The zero-order valence-corrected chi connectivity index (χ0v) is 13.0. The molecule has 1 N–H and O–H groups in total. The number of rotatable bonds is 2. The molecule has 1 saturated carbocycles. The van der Waals surface area contributed by atoms with Gasteiger partial charge in [-0.1, -0.05) is 25.7 Å². The summed E-state index contributed by atoms with van der Waals surface area (Å²) in [4.78, 5) is 0.307. The zero-order valence-electron chi connectivity index (χ0n) is 12.1. The van der Waals surface area contributed by atoms with Crippen molar-refractivity contribution in [2.24, 2.45) is 0 Å². The maximum atomic E-state index is 13.5. The number of hydrogen-bond acceptors (Lipinski definition) is 3. The van der Waals surface area contributed by atoms with E-state index in [9.17, 15) is 12.8 Å². The second kappa shape index (κ2) is 6.05. The van der Waals surface area contributed by atoms with Gasteiger partial charge in [0.25, 0.3) is 0 Å². The van der Waals surface area contributed by atoms with Crippen LogP contribution < -0.4 is 5.32 Å². The Labute approximate surface area is 125 Å². The molecule has 3 rings (SSSR count). The van der Waals surface area contributed by atoms with Gasteiger partial charge in [-0.25, -0.2) is 12.8 Å². The van der Waals surface area contributed by atoms with Gasteiger partial charge >= 0.3 is 0 Å². The highest BCUT2D eigenvalue weighted by Gasteiger charge is 2.31. The molecule has 0 spiro atoms. The molecule has 0 saturated heterocycles. The Bertz CT molecular complexity index is 607. The summed E-state index contributed by atoms with van der Waals surface area (Å²) < 4.78 is 37.8. The highest BCUT2D eigenvalue weighted by atomic mass is 32.2. The molecule has 21 heavy (non-hydrogen) atoms. The van der Waals surface area contributed by atoms with Crippen molar-refractivity contribution in [3.63, 3.8) is 0 Å². The van der Waals surface area contributed by atoms with E-state index in [2.05, 4.69) is 5.32 Å². The second-order valence-electron chi connectivity index (χ2n) is 6.20. The van der Waals surface area contributed by atoms with E-state index in [1.807, 2.05) is 0 Å². The van der Waals surface area contributed by atoms with Crippen LogP contribution in [-0.4, -0.2) is 20.2 Å². The van der Waals surface area contributed by atoms with Crippen molar-refractivity contribution < 1.29 is 12.8 Å². The molecule has 5 heteroatoms. The lowest BCUT2D eigenvalue weighted by Gasteiger charge is -2.30. The van der Waals surface area contributed by atoms with Crippen LogP contribution in [0.5, 0.6) is 0 Å². The lowest BCUT2D eigenvalue weighted by atomic mass is 10.0. The Morgan fingerprint density at radius 3 is 2.48 bits per heavy atom. The van der Waals surface area contributed by atoms with Crippen molar-refractivity contribution in [2.75, 3.05) is 5.75 Å². The molecule has 0 bridgehead atoms. The van der Waals surface area contributed by atoms with E-state index in [4.69, 9.17) is 0 Å². The van der Waals surface area contributed by atoms with Crippen LogP contribution in [0, 0.1) is 5.82 Å². The first-order valence-corrected chi connectivity index (χ1v) is 9.50. The third-order valence-corrected chi connectivity index (χ3v) is 6.46. The molecular formula is C16H22FNO2S. The van der Waals surface area contributed by atoms with Crippen molar-refractivity contribution >= 4 is 9.84 Å². The summed E-state index contributed by atoms with van der Waals surface area (Å²) in [5.41, 5.74) is 0.616. The lowest BCUT2D eigenvalue weighted by Crippen LogP contribution is -2.36. The summed E-state index contributed by atoms with van der Waals surface area (Å²) in [5.74, 6) is -0.214. The molecule has 1 fully saturated rings. The fraction of sp³-hybridized carbons (Fsp3) is 0.625. The fourth-order valence-electron chi connectivity index (χ4n) is 3.52. The smallest absolute Gasteiger partial charge is 0.178 e. The highest BCUT2D eigenvalue weighted by molar-refractivity contribution is 7.91. The minimum Gasteiger partial charge on any atom is -0.307 e. The maximum Gasteiger partial charge on any atom is 0.178 e. The third-order valence-electron chi connectivity index (χ3n) is 4.65. The van der Waals surface area contributed by atoms with Crippen LogP contribution in [0.15, 0.2) is 23.1 Å². The largest absolute Gasteiger partial charge is 0.307 e. The van der Waals surface area contributed by atoms with Gasteiger partial charge < -0.3 is 5.32 Å². The first-order chi connectivity index (χ1) is 10.1. The average Bonchev–Trinajstić information content (AvgIpc) is 2.70. The molecule has 0 aromatic heterocycles. The minimum absolute atomic E-state index is 0.0395. The number of benzene rings is 1. The van der Waals surface area contributed by atoms with Gasteiger partial charge in [-0.2, -0.15) is 0 Å². The molecular weight excluding hydrogens is 289 g/mol. The SMILES string of the molecule is O=S1(=O)CCC(NC2CCCCCC2)c2cc(F)ccc21. The summed E-state index contributed by atoms with van der Waals surface area (Å²) >= 11 is 0. The van der Waals surface area contributed by atoms with Crippen molar-refractivity contribution in [1.29, 1.82) is 0 Å². The summed E-state index contributed by atoms with van der Waals surface area (Å²) in [6.45, 7) is 0. The summed E-state index contributed by atoms with van der Waals surface area (Å²) in [6.07, 6.45) is 7.80. The molecule has 0 radical (unpaired) electrons. The van der Waals surface area contributed by atoms with E-state index < -0.39 is 9.84 Å². The average molecular weight is 311 g/mol. The summed E-state index contributed by atoms with van der Waals surface area (Å²) in [7, 11) is -3.25. The molecule has 1 aliphatic heterocycles. The number of sulfone groups is 1. The van der Waals surface area contributed by atoms with Crippen LogP contribution in [-0.2, 0) is 9.84 Å². The molecule has 0 amide bonds. The number of hydrogen-bond donors (Lipinski definition) is 1. The number of nitrogens with one attached hydrogen (secondary N) is 1. The van der Waals surface area contributed by atoms with Crippen molar-refractivity contribution in [3.8, 4) is 0 Å². The Hall–Kier alpha value is -0.940. The van der Waals surface area contributed by atoms with Crippen molar-refractivity contribution in [3.05, 3.63) is 29.6 Å². The Morgan fingerprint density at radius 2 is 1.76 bits per heavy atom. The maximum absolute atomic E-state index is 13.5. The molecule has 2 aliphatic rings. The van der Waals surface area contributed by atoms with Crippen LogP contribution in [0.3, 0.4) is 0 Å². The predicted molar refractivity (Wildman–Crippen MR) is 80.4 cm³/mol. The zero-order chi connectivity index (χ0) is 14.9. The standard InChI is InChI=1S/C16H22FNO2S/c17-12-7-8-16-14(11-12)15(9-10-21(16,19)20)18-13-5-3-1-2-4-6-13/h7-8,11,13,15,18H,1-6,9-10H2. The summed E-state index contributed by atoms with van der Waals surface area (Å²) in [5, 5.41) is 3.59. The first-order valence-electron chi connectivity index (χ1n) is 7.84. The van der Waals surface area contributed by atoms with Crippen LogP contribution >= 0.6 is 0 Å². The Kier molecular flexibility index (Phi) is 4.31. The lowest BCUT2D eigenvalue weighted by molar-refractivity contribution is 0.383. The van der Waals surface area contributed by atoms with Gasteiger partial charge in [0.1, 0.15) is 5.82 Å². The van der Waals surface area contributed by atoms with Gasteiger partial charge in [0, 0.05) is 12.1 Å². The molecule has 1 unspecified atom stereocenters. The van der Waals surface area contributed by atoms with Crippen LogP contribution in [0.2, 0.25) is 0 Å². The molecule has 3 nitrogen and oxygen atoms in total.